The summed E-state index contributed by atoms with van der Waals surface area (Å²) in [5.41, 5.74) is 0.707. The number of piperidine rings is 1. The second-order valence-corrected chi connectivity index (χ2v) is 4.71. The van der Waals surface area contributed by atoms with Crippen molar-refractivity contribution in [3.63, 3.8) is 0 Å². The third-order valence-electron chi connectivity index (χ3n) is 3.81. The lowest BCUT2D eigenvalue weighted by Gasteiger charge is -2.39. The fraction of sp³-hybridized carbons (Fsp3) is 1.00. The zero-order valence-electron chi connectivity index (χ0n) is 8.57. The van der Waals surface area contributed by atoms with Crippen LogP contribution in [0, 0.1) is 5.41 Å². The summed E-state index contributed by atoms with van der Waals surface area (Å²) < 4.78 is 0. The van der Waals surface area contributed by atoms with Crippen molar-refractivity contribution in [3.8, 4) is 0 Å². The van der Waals surface area contributed by atoms with Crippen LogP contribution < -0.4 is 10.6 Å². The third-order valence-corrected chi connectivity index (χ3v) is 3.81. The van der Waals surface area contributed by atoms with E-state index >= 15 is 0 Å². The highest BCUT2D eigenvalue weighted by Gasteiger charge is 2.31. The molecular formula is C11H22N2. The molecule has 0 aliphatic carbocycles. The highest BCUT2D eigenvalue weighted by molar-refractivity contribution is 4.86. The summed E-state index contributed by atoms with van der Waals surface area (Å²) in [6.07, 6.45) is 8.54. The van der Waals surface area contributed by atoms with Crippen molar-refractivity contribution in [2.75, 3.05) is 26.2 Å². The number of hydrogen-bond donors (Lipinski definition) is 2. The number of hydrogen-bond acceptors (Lipinski definition) is 2. The van der Waals surface area contributed by atoms with E-state index in [1.54, 1.807) is 0 Å². The Bertz CT molecular complexity index is 140. The van der Waals surface area contributed by atoms with Crippen LogP contribution in [0.4, 0.5) is 0 Å². The third kappa shape index (κ3) is 2.44. The SMILES string of the molecule is C1CCC2(CCNC1)CCNCC2. The monoisotopic (exact) mass is 182 g/mol. The first-order valence-corrected chi connectivity index (χ1v) is 5.83. The summed E-state index contributed by atoms with van der Waals surface area (Å²) in [5.74, 6) is 0. The number of nitrogens with one attached hydrogen (secondary N) is 2. The molecule has 0 bridgehead atoms. The van der Waals surface area contributed by atoms with Crippen molar-refractivity contribution >= 4 is 0 Å². The Morgan fingerprint density at radius 1 is 0.615 bits per heavy atom. The van der Waals surface area contributed by atoms with E-state index in [1.807, 2.05) is 0 Å². The molecule has 2 saturated heterocycles. The van der Waals surface area contributed by atoms with Gasteiger partial charge in [-0.3, -0.25) is 0 Å². The van der Waals surface area contributed by atoms with Gasteiger partial charge >= 0.3 is 0 Å². The largest absolute Gasteiger partial charge is 0.317 e. The minimum absolute atomic E-state index is 0.707. The van der Waals surface area contributed by atoms with Crippen molar-refractivity contribution in [1.29, 1.82) is 0 Å². The second kappa shape index (κ2) is 4.43. The molecule has 2 nitrogen and oxygen atoms in total. The van der Waals surface area contributed by atoms with E-state index in [9.17, 15) is 0 Å². The minimum atomic E-state index is 0.707. The Morgan fingerprint density at radius 2 is 1.23 bits per heavy atom. The Kier molecular flexibility index (Phi) is 3.23. The van der Waals surface area contributed by atoms with Gasteiger partial charge in [-0.25, -0.2) is 0 Å². The number of rotatable bonds is 0. The van der Waals surface area contributed by atoms with Crippen LogP contribution in [0.3, 0.4) is 0 Å². The average molecular weight is 182 g/mol. The summed E-state index contributed by atoms with van der Waals surface area (Å²) in [6.45, 7) is 4.99. The fourth-order valence-corrected chi connectivity index (χ4v) is 2.81. The van der Waals surface area contributed by atoms with Crippen LogP contribution in [-0.4, -0.2) is 26.2 Å². The van der Waals surface area contributed by atoms with Crippen LogP contribution in [0.25, 0.3) is 0 Å². The van der Waals surface area contributed by atoms with E-state index in [4.69, 9.17) is 0 Å². The van der Waals surface area contributed by atoms with Gasteiger partial charge in [-0.2, -0.15) is 0 Å². The Morgan fingerprint density at radius 3 is 1.92 bits per heavy atom. The molecule has 0 aromatic rings. The fourth-order valence-electron chi connectivity index (χ4n) is 2.81. The normalized spacial score (nSPS) is 29.5. The smallest absolute Gasteiger partial charge is 0.00436 e. The molecule has 0 aromatic heterocycles. The zero-order chi connectivity index (χ0) is 8.99. The van der Waals surface area contributed by atoms with E-state index in [2.05, 4.69) is 10.6 Å². The zero-order valence-corrected chi connectivity index (χ0v) is 8.57. The van der Waals surface area contributed by atoms with Crippen LogP contribution in [-0.2, 0) is 0 Å². The molecule has 2 heteroatoms. The summed E-state index contributed by atoms with van der Waals surface area (Å²) in [5, 5.41) is 7.01. The van der Waals surface area contributed by atoms with Gasteiger partial charge in [-0.05, 0) is 63.7 Å². The van der Waals surface area contributed by atoms with Crippen molar-refractivity contribution < 1.29 is 0 Å². The van der Waals surface area contributed by atoms with Crippen LogP contribution in [0.5, 0.6) is 0 Å². The molecule has 0 aromatic carbocycles. The predicted molar refractivity (Wildman–Crippen MR) is 55.9 cm³/mol. The quantitative estimate of drug-likeness (QED) is 0.593. The molecule has 2 N–H and O–H groups in total. The van der Waals surface area contributed by atoms with E-state index in [0.717, 1.165) is 0 Å². The lowest BCUT2D eigenvalue weighted by molar-refractivity contribution is 0.155. The highest BCUT2D eigenvalue weighted by atomic mass is 14.9. The second-order valence-electron chi connectivity index (χ2n) is 4.71. The lowest BCUT2D eigenvalue weighted by Crippen LogP contribution is -2.39. The maximum Gasteiger partial charge on any atom is -0.00436 e. The van der Waals surface area contributed by atoms with Crippen molar-refractivity contribution in [3.05, 3.63) is 0 Å². The van der Waals surface area contributed by atoms with E-state index < -0.39 is 0 Å². The molecule has 2 rings (SSSR count). The molecule has 2 fully saturated rings. The minimum Gasteiger partial charge on any atom is -0.317 e. The summed E-state index contributed by atoms with van der Waals surface area (Å²) >= 11 is 0. The van der Waals surface area contributed by atoms with Gasteiger partial charge in [0.1, 0.15) is 0 Å². The average Bonchev–Trinajstić information content (AvgIpc) is 2.14. The highest BCUT2D eigenvalue weighted by Crippen LogP contribution is 2.38. The van der Waals surface area contributed by atoms with Gasteiger partial charge in [0.2, 0.25) is 0 Å². The summed E-state index contributed by atoms with van der Waals surface area (Å²) in [4.78, 5) is 0. The van der Waals surface area contributed by atoms with Crippen LogP contribution in [0.15, 0.2) is 0 Å². The molecule has 13 heavy (non-hydrogen) atoms. The molecular weight excluding hydrogens is 160 g/mol. The van der Waals surface area contributed by atoms with Gasteiger partial charge in [-0.1, -0.05) is 6.42 Å². The van der Waals surface area contributed by atoms with Crippen LogP contribution >= 0.6 is 0 Å². The molecule has 0 saturated carbocycles. The van der Waals surface area contributed by atoms with Crippen LogP contribution in [0.1, 0.15) is 38.5 Å². The molecule has 2 heterocycles. The molecule has 1 spiro atoms. The lowest BCUT2D eigenvalue weighted by atomic mass is 9.72. The van der Waals surface area contributed by atoms with E-state index in [0.29, 0.717) is 5.41 Å². The summed E-state index contributed by atoms with van der Waals surface area (Å²) in [7, 11) is 0. The van der Waals surface area contributed by atoms with Gasteiger partial charge in [0, 0.05) is 0 Å². The van der Waals surface area contributed by atoms with E-state index in [1.165, 1.54) is 64.7 Å². The first-order valence-electron chi connectivity index (χ1n) is 5.83. The topological polar surface area (TPSA) is 24.1 Å². The Labute approximate surface area is 81.5 Å². The molecule has 0 radical (unpaired) electrons. The van der Waals surface area contributed by atoms with Gasteiger partial charge < -0.3 is 10.6 Å². The molecule has 0 amide bonds. The van der Waals surface area contributed by atoms with Crippen LogP contribution in [0.2, 0.25) is 0 Å². The van der Waals surface area contributed by atoms with Crippen molar-refractivity contribution in [1.82, 2.24) is 10.6 Å². The van der Waals surface area contributed by atoms with E-state index in [-0.39, 0.29) is 0 Å². The Hall–Kier alpha value is -0.0800. The van der Waals surface area contributed by atoms with Gasteiger partial charge in [0.15, 0.2) is 0 Å². The molecule has 0 unspecified atom stereocenters. The standard InChI is InChI=1S/C11H22N2/c1-2-7-12-8-4-11(3-1)5-9-13-10-6-11/h12-13H,1-10H2. The maximum atomic E-state index is 3.54. The molecule has 0 atom stereocenters. The van der Waals surface area contributed by atoms with Crippen molar-refractivity contribution in [2.45, 2.75) is 38.5 Å². The summed E-state index contributed by atoms with van der Waals surface area (Å²) in [6, 6.07) is 0. The first kappa shape index (κ1) is 9.47. The Balaban J connectivity index is 1.91. The van der Waals surface area contributed by atoms with Gasteiger partial charge in [-0.15, -0.1) is 0 Å². The molecule has 2 aliphatic rings. The van der Waals surface area contributed by atoms with Crippen molar-refractivity contribution in [2.24, 2.45) is 5.41 Å². The molecule has 76 valence electrons. The van der Waals surface area contributed by atoms with Gasteiger partial charge in [0.05, 0.1) is 0 Å². The van der Waals surface area contributed by atoms with Gasteiger partial charge in [0.25, 0.3) is 0 Å². The first-order chi connectivity index (χ1) is 6.41. The maximum absolute atomic E-state index is 3.54. The predicted octanol–water partition coefficient (Wildman–Crippen LogP) is 1.52. The molecule has 2 aliphatic heterocycles.